The number of fused-ring (bicyclic) bond motifs is 1. The molecular formula is C7H4ClNOS. The Morgan fingerprint density at radius 1 is 1.45 bits per heavy atom. The first-order valence-electron chi connectivity index (χ1n) is 3.02. The molecule has 0 spiro atoms. The van der Waals surface area contributed by atoms with Gasteiger partial charge in [-0.25, -0.2) is 9.20 Å². The smallest absolute Gasteiger partial charge is 0.0984 e. The molecule has 0 saturated heterocycles. The van der Waals surface area contributed by atoms with E-state index in [1.54, 1.807) is 18.2 Å². The Balaban J connectivity index is 2.67. The van der Waals surface area contributed by atoms with Crippen LogP contribution in [0.4, 0.5) is 5.69 Å². The van der Waals surface area contributed by atoms with E-state index < -0.39 is 10.8 Å². The molecule has 1 heterocycles. The fourth-order valence-electron chi connectivity index (χ4n) is 0.917. The Morgan fingerprint density at radius 3 is 3.09 bits per heavy atom. The van der Waals surface area contributed by atoms with Gasteiger partial charge in [0.25, 0.3) is 0 Å². The molecule has 0 N–H and O–H groups in total. The zero-order valence-electron chi connectivity index (χ0n) is 5.45. The minimum atomic E-state index is -1.08. The summed E-state index contributed by atoms with van der Waals surface area (Å²) in [6.45, 7) is 0. The summed E-state index contributed by atoms with van der Waals surface area (Å²) in [6.07, 6.45) is 0. The molecule has 4 heteroatoms. The fraction of sp³-hybridized carbons (Fsp3) is 0. The summed E-state index contributed by atoms with van der Waals surface area (Å²) >= 11 is 5.70. The van der Waals surface area contributed by atoms with Crippen molar-refractivity contribution >= 4 is 33.6 Å². The molecule has 2 nitrogen and oxygen atoms in total. The van der Waals surface area contributed by atoms with Crippen LogP contribution in [0, 0.1) is 0 Å². The van der Waals surface area contributed by atoms with Gasteiger partial charge in [0.2, 0.25) is 0 Å². The van der Waals surface area contributed by atoms with E-state index in [1.807, 2.05) is 0 Å². The van der Waals surface area contributed by atoms with Crippen LogP contribution >= 0.6 is 11.6 Å². The highest BCUT2D eigenvalue weighted by Gasteiger charge is 2.13. The van der Waals surface area contributed by atoms with Crippen LogP contribution in [0.5, 0.6) is 0 Å². The first kappa shape index (κ1) is 7.00. The topological polar surface area (TPSA) is 29.4 Å². The predicted molar refractivity (Wildman–Crippen MR) is 46.0 cm³/mol. The zero-order valence-corrected chi connectivity index (χ0v) is 7.02. The second kappa shape index (κ2) is 2.43. The van der Waals surface area contributed by atoms with Crippen molar-refractivity contribution in [1.82, 2.24) is 0 Å². The largest absolute Gasteiger partial charge is 0.248 e. The molecule has 0 amide bonds. The van der Waals surface area contributed by atoms with Crippen LogP contribution in [0.15, 0.2) is 28.1 Å². The Hall–Kier alpha value is -0.670. The highest BCUT2D eigenvalue weighted by molar-refractivity contribution is 7.99. The molecule has 1 aliphatic heterocycles. The molecule has 1 aromatic rings. The number of hydrogen-bond donors (Lipinski definition) is 0. The Morgan fingerprint density at radius 2 is 2.27 bits per heavy atom. The first-order valence-corrected chi connectivity index (χ1v) is 4.61. The lowest BCUT2D eigenvalue weighted by Crippen LogP contribution is -1.84. The van der Waals surface area contributed by atoms with E-state index >= 15 is 0 Å². The molecule has 0 fully saturated rings. The summed E-state index contributed by atoms with van der Waals surface area (Å²) in [6, 6.07) is 5.18. The number of hydrogen-bond acceptors (Lipinski definition) is 2. The van der Waals surface area contributed by atoms with Crippen molar-refractivity contribution in [1.29, 1.82) is 0 Å². The Bertz CT molecular complexity index is 361. The van der Waals surface area contributed by atoms with E-state index in [1.165, 1.54) is 5.55 Å². The molecule has 1 aliphatic rings. The molecule has 0 radical (unpaired) electrons. The molecule has 0 aromatic heterocycles. The average Bonchev–Trinajstić information content (AvgIpc) is 2.33. The lowest BCUT2D eigenvalue weighted by molar-refractivity contribution is 0.691. The molecule has 11 heavy (non-hydrogen) atoms. The third-order valence-electron chi connectivity index (χ3n) is 1.43. The number of halogens is 1. The van der Waals surface area contributed by atoms with Crippen LogP contribution in [0.3, 0.4) is 0 Å². The predicted octanol–water partition coefficient (Wildman–Crippen LogP) is 2.12. The van der Waals surface area contributed by atoms with Gasteiger partial charge in [-0.1, -0.05) is 11.6 Å². The molecule has 1 aromatic carbocycles. The second-order valence-electron chi connectivity index (χ2n) is 2.14. The van der Waals surface area contributed by atoms with E-state index in [9.17, 15) is 4.21 Å². The van der Waals surface area contributed by atoms with Gasteiger partial charge in [0.1, 0.15) is 0 Å². The maximum Gasteiger partial charge on any atom is 0.0984 e. The van der Waals surface area contributed by atoms with Gasteiger partial charge in [-0.05, 0) is 18.2 Å². The van der Waals surface area contributed by atoms with Gasteiger partial charge >= 0.3 is 0 Å². The summed E-state index contributed by atoms with van der Waals surface area (Å²) < 4.78 is 11.1. The molecule has 1 atom stereocenters. The van der Waals surface area contributed by atoms with Crippen molar-refractivity contribution in [3.05, 3.63) is 23.2 Å². The number of nitrogens with zero attached hydrogens (tertiary/aromatic N) is 1. The van der Waals surface area contributed by atoms with E-state index in [4.69, 9.17) is 11.6 Å². The van der Waals surface area contributed by atoms with Crippen molar-refractivity contribution in [3.8, 4) is 0 Å². The van der Waals surface area contributed by atoms with Crippen molar-refractivity contribution in [2.24, 2.45) is 4.99 Å². The molecule has 0 saturated carbocycles. The van der Waals surface area contributed by atoms with Gasteiger partial charge in [0, 0.05) is 5.02 Å². The molecule has 2 rings (SSSR count). The third-order valence-corrected chi connectivity index (χ3v) is 2.72. The summed E-state index contributed by atoms with van der Waals surface area (Å²) in [5.41, 5.74) is 2.17. The number of benzene rings is 1. The zero-order chi connectivity index (χ0) is 7.84. The van der Waals surface area contributed by atoms with E-state index in [0.29, 0.717) is 9.92 Å². The van der Waals surface area contributed by atoms with Crippen molar-refractivity contribution in [2.75, 3.05) is 0 Å². The van der Waals surface area contributed by atoms with Gasteiger partial charge in [0.05, 0.1) is 26.9 Å². The highest BCUT2D eigenvalue weighted by atomic mass is 35.5. The van der Waals surface area contributed by atoms with Crippen LogP contribution < -0.4 is 0 Å². The van der Waals surface area contributed by atoms with Crippen LogP contribution in [-0.2, 0) is 10.8 Å². The van der Waals surface area contributed by atoms with Crippen LogP contribution in [-0.4, -0.2) is 9.76 Å². The monoisotopic (exact) mass is 185 g/mol. The van der Waals surface area contributed by atoms with Crippen molar-refractivity contribution < 1.29 is 4.21 Å². The van der Waals surface area contributed by atoms with Gasteiger partial charge in [-0.15, -0.1) is 0 Å². The summed E-state index contributed by atoms with van der Waals surface area (Å²) in [7, 11) is -1.08. The molecule has 1 unspecified atom stereocenters. The summed E-state index contributed by atoms with van der Waals surface area (Å²) in [5, 5.41) is 0.600. The molecule has 0 aliphatic carbocycles. The number of aliphatic imine (C=N–C) groups is 1. The SMILES string of the molecule is O=S1C=Nc2ccc(Cl)cc21. The van der Waals surface area contributed by atoms with Crippen LogP contribution in [0.1, 0.15) is 0 Å². The fourth-order valence-corrected chi connectivity index (χ4v) is 2.05. The maximum absolute atomic E-state index is 11.1. The van der Waals surface area contributed by atoms with Crippen molar-refractivity contribution in [2.45, 2.75) is 4.90 Å². The normalized spacial score (nSPS) is 20.3. The van der Waals surface area contributed by atoms with Gasteiger partial charge in [-0.2, -0.15) is 0 Å². The summed E-state index contributed by atoms with van der Waals surface area (Å²) in [4.78, 5) is 4.64. The van der Waals surface area contributed by atoms with Crippen LogP contribution in [0.25, 0.3) is 0 Å². The van der Waals surface area contributed by atoms with E-state index in [0.717, 1.165) is 5.69 Å². The van der Waals surface area contributed by atoms with Gasteiger partial charge in [-0.3, -0.25) is 0 Å². The molecule has 56 valence electrons. The Kier molecular flexibility index (Phi) is 1.55. The Labute approximate surface area is 71.4 Å². The minimum Gasteiger partial charge on any atom is -0.248 e. The quantitative estimate of drug-likeness (QED) is 0.609. The number of rotatable bonds is 0. The van der Waals surface area contributed by atoms with Crippen LogP contribution in [0.2, 0.25) is 5.02 Å². The maximum atomic E-state index is 11.1. The summed E-state index contributed by atoms with van der Waals surface area (Å²) in [5.74, 6) is 0. The van der Waals surface area contributed by atoms with Gasteiger partial charge in [0.15, 0.2) is 0 Å². The lowest BCUT2D eigenvalue weighted by atomic mass is 10.3. The molecule has 0 bridgehead atoms. The first-order chi connectivity index (χ1) is 5.27. The lowest BCUT2D eigenvalue weighted by Gasteiger charge is -1.94. The van der Waals surface area contributed by atoms with Gasteiger partial charge < -0.3 is 0 Å². The van der Waals surface area contributed by atoms with E-state index in [2.05, 4.69) is 4.99 Å². The van der Waals surface area contributed by atoms with Crippen molar-refractivity contribution in [3.63, 3.8) is 0 Å². The highest BCUT2D eigenvalue weighted by Crippen LogP contribution is 2.29. The minimum absolute atomic E-state index is 0.600. The second-order valence-corrected chi connectivity index (χ2v) is 3.83. The third kappa shape index (κ3) is 1.10. The standard InChI is InChI=1S/C7H4ClNOS/c8-5-1-2-6-7(3-5)11(10)4-9-6/h1-4H. The average molecular weight is 186 g/mol. The molecular weight excluding hydrogens is 182 g/mol. The van der Waals surface area contributed by atoms with E-state index in [-0.39, 0.29) is 0 Å².